The molecule has 0 heterocycles. The molecule has 0 unspecified atom stereocenters. The second-order valence-corrected chi connectivity index (χ2v) is 4.54. The minimum atomic E-state index is 0.607. The second-order valence-electron chi connectivity index (χ2n) is 4.54. The number of unbranched alkanes of at least 4 members (excludes halogenated alkanes) is 1. The molecule has 1 N–H and O–H groups in total. The Labute approximate surface area is 127 Å². The minimum absolute atomic E-state index is 0.607. The van der Waals surface area contributed by atoms with Crippen LogP contribution in [0.2, 0.25) is 0 Å². The third-order valence-corrected chi connectivity index (χ3v) is 2.84. The van der Waals surface area contributed by atoms with Crippen LogP contribution in [-0.2, 0) is 11.3 Å². The largest absolute Gasteiger partial charge is 0.490 e. The number of hydrogen-bond acceptors (Lipinski definition) is 4. The first kappa shape index (κ1) is 17.4. The Bertz CT molecular complexity index is 440. The minimum Gasteiger partial charge on any atom is -0.490 e. The predicted molar refractivity (Wildman–Crippen MR) is 84.8 cm³/mol. The van der Waals surface area contributed by atoms with Gasteiger partial charge in [0.25, 0.3) is 0 Å². The molecule has 116 valence electrons. The first-order valence-electron chi connectivity index (χ1n) is 7.33. The van der Waals surface area contributed by atoms with Crippen LogP contribution in [0.4, 0.5) is 0 Å². The van der Waals surface area contributed by atoms with Crippen LogP contribution in [0.5, 0.6) is 11.5 Å². The van der Waals surface area contributed by atoms with Crippen molar-refractivity contribution in [2.45, 2.75) is 26.3 Å². The van der Waals surface area contributed by atoms with E-state index in [2.05, 4.69) is 11.2 Å². The Morgan fingerprint density at radius 1 is 1.19 bits per heavy atom. The molecule has 0 fully saturated rings. The van der Waals surface area contributed by atoms with Crippen molar-refractivity contribution in [3.63, 3.8) is 0 Å². The molecule has 0 bridgehead atoms. The van der Waals surface area contributed by atoms with E-state index in [0.717, 1.165) is 43.0 Å². The van der Waals surface area contributed by atoms with Gasteiger partial charge in [-0.05, 0) is 31.0 Å². The van der Waals surface area contributed by atoms with Crippen molar-refractivity contribution in [2.24, 2.45) is 0 Å². The Morgan fingerprint density at radius 3 is 2.76 bits per heavy atom. The SMILES string of the molecule is C#CCCCOc1ccc(CNCCOC)cc1OCC. The fraction of sp³-hybridized carbons (Fsp3) is 0.529. The standard InChI is InChI=1S/C17H25NO3/c1-4-6-7-11-21-16-9-8-15(13-17(16)20-5-2)14-18-10-12-19-3/h1,8-9,13,18H,5-7,10-12,14H2,2-3H3. The van der Waals surface area contributed by atoms with Crippen molar-refractivity contribution < 1.29 is 14.2 Å². The molecule has 1 aromatic carbocycles. The van der Waals surface area contributed by atoms with Gasteiger partial charge in [0.2, 0.25) is 0 Å². The fourth-order valence-electron chi connectivity index (χ4n) is 1.81. The summed E-state index contributed by atoms with van der Waals surface area (Å²) in [7, 11) is 1.70. The summed E-state index contributed by atoms with van der Waals surface area (Å²) in [5, 5.41) is 3.31. The van der Waals surface area contributed by atoms with Crippen LogP contribution in [0.3, 0.4) is 0 Å². The van der Waals surface area contributed by atoms with E-state index in [1.54, 1.807) is 7.11 Å². The average molecular weight is 291 g/mol. The quantitative estimate of drug-likeness (QED) is 0.502. The normalized spacial score (nSPS) is 10.1. The van der Waals surface area contributed by atoms with Crippen molar-refractivity contribution in [1.29, 1.82) is 0 Å². The van der Waals surface area contributed by atoms with Gasteiger partial charge in [0.1, 0.15) is 0 Å². The molecule has 4 heteroatoms. The molecule has 1 rings (SSSR count). The Kier molecular flexibility index (Phi) is 9.10. The van der Waals surface area contributed by atoms with Crippen LogP contribution in [0, 0.1) is 12.3 Å². The van der Waals surface area contributed by atoms with Crippen LogP contribution < -0.4 is 14.8 Å². The van der Waals surface area contributed by atoms with Crippen molar-refractivity contribution in [3.05, 3.63) is 23.8 Å². The number of ether oxygens (including phenoxy) is 3. The third-order valence-electron chi connectivity index (χ3n) is 2.84. The fourth-order valence-corrected chi connectivity index (χ4v) is 1.81. The first-order valence-corrected chi connectivity index (χ1v) is 7.33. The summed E-state index contributed by atoms with van der Waals surface area (Å²) in [6.45, 7) is 5.49. The van der Waals surface area contributed by atoms with Crippen LogP contribution in [0.1, 0.15) is 25.3 Å². The van der Waals surface area contributed by atoms with E-state index in [9.17, 15) is 0 Å². The lowest BCUT2D eigenvalue weighted by Gasteiger charge is -2.13. The number of terminal acetylenes is 1. The Morgan fingerprint density at radius 2 is 2.05 bits per heavy atom. The summed E-state index contributed by atoms with van der Waals surface area (Å²) in [5.74, 6) is 4.16. The zero-order chi connectivity index (χ0) is 15.3. The van der Waals surface area contributed by atoms with Gasteiger partial charge in [-0.25, -0.2) is 0 Å². The van der Waals surface area contributed by atoms with Crippen LogP contribution in [-0.4, -0.2) is 33.5 Å². The van der Waals surface area contributed by atoms with Crippen LogP contribution >= 0.6 is 0 Å². The summed E-state index contributed by atoms with van der Waals surface area (Å²) in [5.41, 5.74) is 1.16. The van der Waals surface area contributed by atoms with Gasteiger partial charge in [-0.2, -0.15) is 0 Å². The molecule has 0 spiro atoms. The van der Waals surface area contributed by atoms with E-state index < -0.39 is 0 Å². The average Bonchev–Trinajstić information content (AvgIpc) is 2.50. The molecule has 0 saturated heterocycles. The molecule has 0 amide bonds. The number of hydrogen-bond donors (Lipinski definition) is 1. The predicted octanol–water partition coefficient (Wildman–Crippen LogP) is 2.61. The summed E-state index contributed by atoms with van der Waals surface area (Å²) in [6, 6.07) is 6.01. The molecule has 0 aromatic heterocycles. The van der Waals surface area contributed by atoms with Crippen LogP contribution in [0.25, 0.3) is 0 Å². The molecule has 0 aliphatic heterocycles. The van der Waals surface area contributed by atoms with Gasteiger partial charge in [-0.3, -0.25) is 0 Å². The first-order chi connectivity index (χ1) is 10.3. The van der Waals surface area contributed by atoms with E-state index in [-0.39, 0.29) is 0 Å². The van der Waals surface area contributed by atoms with Crippen molar-refractivity contribution in [1.82, 2.24) is 5.32 Å². The highest BCUT2D eigenvalue weighted by Gasteiger charge is 2.06. The maximum absolute atomic E-state index is 5.73. The van der Waals surface area contributed by atoms with Crippen LogP contribution in [0.15, 0.2) is 18.2 Å². The molecule has 21 heavy (non-hydrogen) atoms. The number of nitrogens with one attached hydrogen (secondary N) is 1. The Balaban J connectivity index is 2.56. The van der Waals surface area contributed by atoms with Crippen molar-refractivity contribution >= 4 is 0 Å². The van der Waals surface area contributed by atoms with E-state index in [1.165, 1.54) is 0 Å². The lowest BCUT2D eigenvalue weighted by atomic mass is 10.2. The molecule has 0 radical (unpaired) electrons. The molecular weight excluding hydrogens is 266 g/mol. The number of rotatable bonds is 11. The molecule has 4 nitrogen and oxygen atoms in total. The zero-order valence-corrected chi connectivity index (χ0v) is 13.0. The van der Waals surface area contributed by atoms with E-state index in [0.29, 0.717) is 19.8 Å². The van der Waals surface area contributed by atoms with Gasteiger partial charge in [-0.15, -0.1) is 12.3 Å². The molecule has 0 atom stereocenters. The highest BCUT2D eigenvalue weighted by molar-refractivity contribution is 5.43. The second kappa shape index (κ2) is 11.0. The van der Waals surface area contributed by atoms with Gasteiger partial charge in [-0.1, -0.05) is 6.07 Å². The summed E-state index contributed by atoms with van der Waals surface area (Å²) in [4.78, 5) is 0. The zero-order valence-electron chi connectivity index (χ0n) is 13.0. The van der Waals surface area contributed by atoms with Gasteiger partial charge in [0.15, 0.2) is 11.5 Å². The lowest BCUT2D eigenvalue weighted by molar-refractivity contribution is 0.199. The summed E-state index contributed by atoms with van der Waals surface area (Å²) >= 11 is 0. The molecule has 1 aromatic rings. The van der Waals surface area contributed by atoms with Gasteiger partial charge < -0.3 is 19.5 Å². The Hall–Kier alpha value is -1.70. The molecular formula is C17H25NO3. The smallest absolute Gasteiger partial charge is 0.161 e. The van der Waals surface area contributed by atoms with Crippen molar-refractivity contribution in [3.8, 4) is 23.8 Å². The molecule has 0 aliphatic rings. The lowest BCUT2D eigenvalue weighted by Crippen LogP contribution is -2.18. The topological polar surface area (TPSA) is 39.7 Å². The van der Waals surface area contributed by atoms with Crippen molar-refractivity contribution in [2.75, 3.05) is 33.5 Å². The number of benzene rings is 1. The maximum atomic E-state index is 5.73. The summed E-state index contributed by atoms with van der Waals surface area (Å²) in [6.07, 6.45) is 6.80. The third kappa shape index (κ3) is 7.03. The molecule has 0 saturated carbocycles. The highest BCUT2D eigenvalue weighted by Crippen LogP contribution is 2.28. The monoisotopic (exact) mass is 291 g/mol. The van der Waals surface area contributed by atoms with E-state index >= 15 is 0 Å². The van der Waals surface area contributed by atoms with Gasteiger partial charge in [0.05, 0.1) is 19.8 Å². The van der Waals surface area contributed by atoms with E-state index in [4.69, 9.17) is 20.6 Å². The number of methoxy groups -OCH3 is 1. The van der Waals surface area contributed by atoms with Gasteiger partial charge >= 0.3 is 0 Å². The highest BCUT2D eigenvalue weighted by atomic mass is 16.5. The molecule has 0 aliphatic carbocycles. The summed E-state index contributed by atoms with van der Waals surface area (Å²) < 4.78 is 16.4. The van der Waals surface area contributed by atoms with Gasteiger partial charge in [0, 0.05) is 26.6 Å². The van der Waals surface area contributed by atoms with E-state index in [1.807, 2.05) is 25.1 Å². The maximum Gasteiger partial charge on any atom is 0.161 e.